The molecule has 1 atom stereocenters. The second kappa shape index (κ2) is 6.92. The molecule has 0 aliphatic carbocycles. The summed E-state index contributed by atoms with van der Waals surface area (Å²) in [5.74, 6) is -3.08. The highest BCUT2D eigenvalue weighted by Crippen LogP contribution is 2.24. The molecule has 7 heteroatoms. The molecule has 0 saturated heterocycles. The van der Waals surface area contributed by atoms with Crippen LogP contribution in [0.15, 0.2) is 53.4 Å². The fourth-order valence-corrected chi connectivity index (χ4v) is 2.83. The van der Waals surface area contributed by atoms with E-state index in [0.717, 1.165) is 25.5 Å². The number of Topliss-reactive ketones (excluding diaryl/α,β-unsaturated/α-hetero) is 1. The Balaban J connectivity index is 2.41. The Hall–Kier alpha value is -2.54. The van der Waals surface area contributed by atoms with E-state index >= 15 is 0 Å². The van der Waals surface area contributed by atoms with Crippen molar-refractivity contribution < 1.29 is 27.1 Å². The highest BCUT2D eigenvalue weighted by Gasteiger charge is 2.30. The van der Waals surface area contributed by atoms with Gasteiger partial charge in [-0.25, -0.2) is 12.8 Å². The zero-order chi connectivity index (χ0) is 17.9. The Morgan fingerprint density at radius 1 is 1.00 bits per heavy atom. The van der Waals surface area contributed by atoms with Gasteiger partial charge in [0.1, 0.15) is 11.7 Å². The summed E-state index contributed by atoms with van der Waals surface area (Å²) in [6, 6.07) is 10.2. The van der Waals surface area contributed by atoms with Crippen molar-refractivity contribution in [2.45, 2.75) is 10.8 Å². The molecule has 0 bridgehead atoms. The summed E-state index contributed by atoms with van der Waals surface area (Å²) in [4.78, 5) is 24.7. The fraction of sp³-hybridized carbons (Fsp3) is 0.176. The SMILES string of the molecule is COC(=O)C(C(=O)c1ccc(S(C)(=O)=O)cc1)c1ccc(F)cc1. The first-order valence-corrected chi connectivity index (χ1v) is 8.81. The molecule has 5 nitrogen and oxygen atoms in total. The van der Waals surface area contributed by atoms with E-state index in [1.165, 1.54) is 36.4 Å². The first kappa shape index (κ1) is 17.8. The second-order valence-electron chi connectivity index (χ2n) is 5.17. The van der Waals surface area contributed by atoms with Crippen LogP contribution in [0.3, 0.4) is 0 Å². The number of methoxy groups -OCH3 is 1. The van der Waals surface area contributed by atoms with Crippen molar-refractivity contribution in [2.24, 2.45) is 0 Å². The van der Waals surface area contributed by atoms with Gasteiger partial charge in [-0.1, -0.05) is 24.3 Å². The highest BCUT2D eigenvalue weighted by atomic mass is 32.2. The van der Waals surface area contributed by atoms with Gasteiger partial charge >= 0.3 is 5.97 Å². The summed E-state index contributed by atoms with van der Waals surface area (Å²) < 4.78 is 40.6. The van der Waals surface area contributed by atoms with Crippen LogP contribution in [0.2, 0.25) is 0 Å². The largest absolute Gasteiger partial charge is 0.468 e. The Labute approximate surface area is 139 Å². The number of carbonyl (C=O) groups excluding carboxylic acids is 2. The predicted molar refractivity (Wildman–Crippen MR) is 85.0 cm³/mol. The Bertz CT molecular complexity index is 855. The summed E-state index contributed by atoms with van der Waals surface area (Å²) in [7, 11) is -2.24. The van der Waals surface area contributed by atoms with Crippen LogP contribution in [0.1, 0.15) is 21.8 Å². The van der Waals surface area contributed by atoms with Gasteiger partial charge in [0.15, 0.2) is 15.6 Å². The van der Waals surface area contributed by atoms with Gasteiger partial charge in [0.05, 0.1) is 12.0 Å². The van der Waals surface area contributed by atoms with Gasteiger partial charge in [-0.05, 0) is 29.8 Å². The number of carbonyl (C=O) groups is 2. The highest BCUT2D eigenvalue weighted by molar-refractivity contribution is 7.90. The van der Waals surface area contributed by atoms with E-state index in [1.807, 2.05) is 0 Å². The molecule has 0 fully saturated rings. The zero-order valence-corrected chi connectivity index (χ0v) is 13.8. The van der Waals surface area contributed by atoms with Gasteiger partial charge in [0.25, 0.3) is 0 Å². The summed E-state index contributed by atoms with van der Waals surface area (Å²) in [5, 5.41) is 0. The third-order valence-electron chi connectivity index (χ3n) is 3.47. The van der Waals surface area contributed by atoms with Crippen LogP contribution < -0.4 is 0 Å². The molecule has 24 heavy (non-hydrogen) atoms. The predicted octanol–water partition coefficient (Wildman–Crippen LogP) is 2.37. The third kappa shape index (κ3) is 3.86. The summed E-state index contributed by atoms with van der Waals surface area (Å²) in [5.41, 5.74) is 0.447. The Kier molecular flexibility index (Phi) is 5.14. The van der Waals surface area contributed by atoms with Crippen molar-refractivity contribution in [3.63, 3.8) is 0 Å². The van der Waals surface area contributed by atoms with Crippen molar-refractivity contribution in [3.05, 3.63) is 65.5 Å². The van der Waals surface area contributed by atoms with Crippen LogP contribution in [0.5, 0.6) is 0 Å². The van der Waals surface area contributed by atoms with Crippen molar-refractivity contribution in [1.82, 2.24) is 0 Å². The molecule has 0 aliphatic rings. The lowest BCUT2D eigenvalue weighted by molar-refractivity contribution is -0.141. The molecule has 0 saturated carbocycles. The smallest absolute Gasteiger partial charge is 0.321 e. The number of ether oxygens (including phenoxy) is 1. The third-order valence-corrected chi connectivity index (χ3v) is 4.60. The van der Waals surface area contributed by atoms with Crippen LogP contribution in [0.4, 0.5) is 4.39 Å². The summed E-state index contributed by atoms with van der Waals surface area (Å²) in [6.07, 6.45) is 1.06. The summed E-state index contributed by atoms with van der Waals surface area (Å²) in [6.45, 7) is 0. The van der Waals surface area contributed by atoms with Crippen LogP contribution in [-0.4, -0.2) is 33.5 Å². The maximum Gasteiger partial charge on any atom is 0.321 e. The molecular weight excluding hydrogens is 335 g/mol. The van der Waals surface area contributed by atoms with E-state index in [0.29, 0.717) is 5.56 Å². The van der Waals surface area contributed by atoms with Crippen molar-refractivity contribution in [1.29, 1.82) is 0 Å². The average Bonchev–Trinajstić information content (AvgIpc) is 2.55. The molecule has 2 aromatic carbocycles. The molecular formula is C17H15FO5S. The van der Waals surface area contributed by atoms with Gasteiger partial charge in [-0.2, -0.15) is 0 Å². The van der Waals surface area contributed by atoms with E-state index in [9.17, 15) is 22.4 Å². The van der Waals surface area contributed by atoms with E-state index in [-0.39, 0.29) is 10.5 Å². The Morgan fingerprint density at radius 3 is 2.00 bits per heavy atom. The van der Waals surface area contributed by atoms with E-state index in [4.69, 9.17) is 0 Å². The molecule has 0 aromatic heterocycles. The normalized spacial score (nSPS) is 12.5. The molecule has 2 rings (SSSR count). The fourth-order valence-electron chi connectivity index (χ4n) is 2.20. The first-order valence-electron chi connectivity index (χ1n) is 6.91. The molecule has 0 spiro atoms. The Morgan fingerprint density at radius 2 is 1.54 bits per heavy atom. The minimum atomic E-state index is -3.39. The number of hydrogen-bond donors (Lipinski definition) is 0. The lowest BCUT2D eigenvalue weighted by Crippen LogP contribution is -2.23. The van der Waals surface area contributed by atoms with Crippen molar-refractivity contribution >= 4 is 21.6 Å². The van der Waals surface area contributed by atoms with Crippen LogP contribution in [0, 0.1) is 5.82 Å². The monoisotopic (exact) mass is 350 g/mol. The number of rotatable bonds is 5. The molecule has 0 aliphatic heterocycles. The molecule has 126 valence electrons. The molecule has 2 aromatic rings. The van der Waals surface area contributed by atoms with E-state index in [1.54, 1.807) is 0 Å². The molecule has 0 heterocycles. The van der Waals surface area contributed by atoms with Crippen LogP contribution in [0.25, 0.3) is 0 Å². The van der Waals surface area contributed by atoms with Crippen molar-refractivity contribution in [2.75, 3.05) is 13.4 Å². The minimum absolute atomic E-state index is 0.0652. The molecule has 0 amide bonds. The maximum atomic E-state index is 13.1. The quantitative estimate of drug-likeness (QED) is 0.470. The number of sulfone groups is 1. The maximum absolute atomic E-state index is 13.1. The first-order chi connectivity index (χ1) is 11.2. The molecule has 0 N–H and O–H groups in total. The van der Waals surface area contributed by atoms with Gasteiger partial charge in [-0.15, -0.1) is 0 Å². The van der Waals surface area contributed by atoms with Crippen molar-refractivity contribution in [3.8, 4) is 0 Å². The lowest BCUT2D eigenvalue weighted by atomic mass is 9.90. The summed E-state index contributed by atoms with van der Waals surface area (Å²) >= 11 is 0. The number of halogens is 1. The minimum Gasteiger partial charge on any atom is -0.468 e. The zero-order valence-electron chi connectivity index (χ0n) is 13.0. The van der Waals surface area contributed by atoms with E-state index in [2.05, 4.69) is 4.74 Å². The molecule has 1 unspecified atom stereocenters. The second-order valence-corrected chi connectivity index (χ2v) is 7.18. The van der Waals surface area contributed by atoms with Gasteiger partial charge in [-0.3, -0.25) is 9.59 Å². The van der Waals surface area contributed by atoms with Gasteiger partial charge < -0.3 is 4.74 Å². The topological polar surface area (TPSA) is 77.5 Å². The molecule has 0 radical (unpaired) electrons. The number of hydrogen-bond acceptors (Lipinski definition) is 5. The lowest BCUT2D eigenvalue weighted by Gasteiger charge is -2.14. The van der Waals surface area contributed by atoms with Crippen LogP contribution in [-0.2, 0) is 19.4 Å². The van der Waals surface area contributed by atoms with Crippen LogP contribution >= 0.6 is 0 Å². The number of esters is 1. The standard InChI is InChI=1S/C17H15FO5S/c1-23-17(20)15(11-3-7-13(18)8-4-11)16(19)12-5-9-14(10-6-12)24(2,21)22/h3-10,15H,1-2H3. The average molecular weight is 350 g/mol. The van der Waals surface area contributed by atoms with Gasteiger partial charge in [0.2, 0.25) is 0 Å². The number of benzene rings is 2. The van der Waals surface area contributed by atoms with Gasteiger partial charge in [0, 0.05) is 11.8 Å². The van der Waals surface area contributed by atoms with E-state index < -0.39 is 33.3 Å². The number of ketones is 1.